The Balaban J connectivity index is 1.84. The molecule has 104 valence electrons. The molecule has 1 heterocycles. The molecule has 2 rings (SSSR count). The summed E-state index contributed by atoms with van der Waals surface area (Å²) in [4.78, 5) is 11.6. The zero-order valence-electron chi connectivity index (χ0n) is 11.4. The van der Waals surface area contributed by atoms with Gasteiger partial charge in [0.15, 0.2) is 0 Å². The number of carbonyl (C=O) groups excluding carboxylic acids is 1. The van der Waals surface area contributed by atoms with Gasteiger partial charge in [0.1, 0.15) is 12.7 Å². The van der Waals surface area contributed by atoms with Crippen molar-refractivity contribution in [1.29, 1.82) is 0 Å². The van der Waals surface area contributed by atoms with Gasteiger partial charge < -0.3 is 14.2 Å². The molecule has 1 aliphatic carbocycles. The summed E-state index contributed by atoms with van der Waals surface area (Å²) in [6.07, 6.45) is 4.44. The smallest absolute Gasteiger partial charge is 0.332 e. The van der Waals surface area contributed by atoms with Gasteiger partial charge in [-0.15, -0.1) is 0 Å². The second kappa shape index (κ2) is 6.68. The molecule has 1 saturated heterocycles. The fourth-order valence-corrected chi connectivity index (χ4v) is 4.29. The van der Waals surface area contributed by atoms with Gasteiger partial charge in [-0.3, -0.25) is 0 Å². The molecule has 2 fully saturated rings. The fourth-order valence-electron chi connectivity index (χ4n) is 2.89. The van der Waals surface area contributed by atoms with Crippen LogP contribution in [-0.4, -0.2) is 47.5 Å². The summed E-state index contributed by atoms with van der Waals surface area (Å²) in [5.74, 6) is 0.292. The molecule has 0 bridgehead atoms. The summed E-state index contributed by atoms with van der Waals surface area (Å²) in [5, 5.41) is 0. The molecule has 1 aliphatic heterocycles. The van der Waals surface area contributed by atoms with Gasteiger partial charge in [0.2, 0.25) is 0 Å². The minimum atomic E-state index is -0.216. The molecule has 5 heteroatoms. The number of esters is 1. The topological polar surface area (TPSA) is 48.1 Å². The minimum Gasteiger partial charge on any atom is -0.461 e. The lowest BCUT2D eigenvalue weighted by Crippen LogP contribution is -2.32. The Morgan fingerprint density at radius 2 is 2.28 bits per heavy atom. The van der Waals surface area contributed by atoms with E-state index in [2.05, 4.69) is 6.92 Å². The van der Waals surface area contributed by atoms with Crippen molar-refractivity contribution in [2.24, 2.45) is 5.92 Å². The summed E-state index contributed by atoms with van der Waals surface area (Å²) in [6, 6.07) is 2.38. The second-order valence-electron chi connectivity index (χ2n) is 5.39. The number of hydrogen-bond acceptors (Lipinski definition) is 4. The summed E-state index contributed by atoms with van der Waals surface area (Å²) < 4.78 is 16.0. The van der Waals surface area contributed by atoms with E-state index in [0.717, 1.165) is 25.3 Å². The van der Waals surface area contributed by atoms with Crippen LogP contribution >= 0.6 is 0 Å². The van der Waals surface area contributed by atoms with Gasteiger partial charge in [-0.25, -0.2) is 4.79 Å². The van der Waals surface area contributed by atoms with Gasteiger partial charge in [0, 0.05) is 16.6 Å². The molecule has 0 N–H and O–H groups in total. The lowest BCUT2D eigenvalue weighted by atomic mass is 9.86. The Morgan fingerprint density at radius 3 is 2.94 bits per heavy atom. The first-order valence-electron chi connectivity index (χ1n) is 7.08. The summed E-state index contributed by atoms with van der Waals surface area (Å²) in [5.41, 5.74) is 0. The minimum absolute atomic E-state index is 0.0689. The maximum atomic E-state index is 11.6. The molecule has 4 atom stereocenters. The number of methoxy groups -OCH3 is 1. The van der Waals surface area contributed by atoms with E-state index in [4.69, 9.17) is 14.2 Å². The van der Waals surface area contributed by atoms with Gasteiger partial charge in [0.05, 0.1) is 12.2 Å². The molecular formula is C13H24O4Si. The molecule has 0 aromatic heterocycles. The molecule has 0 amide bonds. The molecule has 4 nitrogen and oxygen atoms in total. The number of rotatable bonds is 7. The predicted octanol–water partition coefficient (Wildman–Crippen LogP) is 1.14. The summed E-state index contributed by atoms with van der Waals surface area (Å²) in [7, 11) is 1.44. The van der Waals surface area contributed by atoms with Crippen LogP contribution in [0.2, 0.25) is 12.1 Å². The van der Waals surface area contributed by atoms with Gasteiger partial charge in [-0.2, -0.15) is 0 Å². The van der Waals surface area contributed by atoms with E-state index in [1.165, 1.54) is 13.2 Å². The Kier molecular flexibility index (Phi) is 5.21. The third kappa shape index (κ3) is 3.80. The Bertz CT molecular complexity index is 284. The van der Waals surface area contributed by atoms with E-state index in [1.807, 2.05) is 0 Å². The standard InChI is InChI=1S/C13H24O4Si/c1-3-18-8-12(17-13(14)7-15-2)9-4-5-10-11(6-9)16-10/h9-12H,3-8,18H2,1-2H3. The van der Waals surface area contributed by atoms with E-state index < -0.39 is 0 Å². The van der Waals surface area contributed by atoms with Crippen molar-refractivity contribution in [3.8, 4) is 0 Å². The van der Waals surface area contributed by atoms with Crippen LogP contribution in [0.25, 0.3) is 0 Å². The number of fused-ring (bicyclic) bond motifs is 1. The van der Waals surface area contributed by atoms with Crippen molar-refractivity contribution in [3.05, 3.63) is 0 Å². The van der Waals surface area contributed by atoms with Crippen LogP contribution in [0.5, 0.6) is 0 Å². The van der Waals surface area contributed by atoms with E-state index in [0.29, 0.717) is 18.1 Å². The van der Waals surface area contributed by atoms with E-state index in [1.54, 1.807) is 0 Å². The van der Waals surface area contributed by atoms with Crippen LogP contribution < -0.4 is 0 Å². The molecule has 4 unspecified atom stereocenters. The zero-order valence-corrected chi connectivity index (χ0v) is 12.8. The van der Waals surface area contributed by atoms with Crippen molar-refractivity contribution in [2.75, 3.05) is 13.7 Å². The maximum absolute atomic E-state index is 11.6. The van der Waals surface area contributed by atoms with Crippen molar-refractivity contribution >= 4 is 15.5 Å². The first kappa shape index (κ1) is 14.0. The second-order valence-corrected chi connectivity index (χ2v) is 7.67. The molecule has 0 radical (unpaired) electrons. The zero-order chi connectivity index (χ0) is 13.0. The van der Waals surface area contributed by atoms with Crippen LogP contribution in [0.1, 0.15) is 26.2 Å². The van der Waals surface area contributed by atoms with Gasteiger partial charge in [0.25, 0.3) is 0 Å². The molecule has 2 aliphatic rings. The van der Waals surface area contributed by atoms with Crippen LogP contribution in [0.15, 0.2) is 0 Å². The SMILES string of the molecule is CC[SiH2]CC(OC(=O)COC)C1CCC2OC2C1. The number of ether oxygens (including phenoxy) is 3. The Hall–Kier alpha value is -0.393. The first-order valence-corrected chi connectivity index (χ1v) is 9.08. The van der Waals surface area contributed by atoms with E-state index >= 15 is 0 Å². The van der Waals surface area contributed by atoms with E-state index in [9.17, 15) is 4.79 Å². The highest BCUT2D eigenvalue weighted by molar-refractivity contribution is 6.35. The molecular weight excluding hydrogens is 248 g/mol. The van der Waals surface area contributed by atoms with Gasteiger partial charge in [-0.1, -0.05) is 13.0 Å². The molecule has 0 aromatic rings. The third-order valence-corrected chi connectivity index (χ3v) is 5.64. The van der Waals surface area contributed by atoms with Crippen molar-refractivity contribution in [2.45, 2.75) is 56.6 Å². The van der Waals surface area contributed by atoms with Crippen LogP contribution in [0.3, 0.4) is 0 Å². The first-order chi connectivity index (χ1) is 8.74. The average Bonchev–Trinajstić information content (AvgIpc) is 3.12. The van der Waals surface area contributed by atoms with Crippen molar-refractivity contribution < 1.29 is 19.0 Å². The van der Waals surface area contributed by atoms with Crippen molar-refractivity contribution in [3.63, 3.8) is 0 Å². The van der Waals surface area contributed by atoms with Crippen molar-refractivity contribution in [1.82, 2.24) is 0 Å². The number of epoxide rings is 1. The average molecular weight is 272 g/mol. The Morgan fingerprint density at radius 1 is 1.44 bits per heavy atom. The van der Waals surface area contributed by atoms with E-state index in [-0.39, 0.29) is 28.2 Å². The van der Waals surface area contributed by atoms with Crippen LogP contribution in [0, 0.1) is 5.92 Å². The maximum Gasteiger partial charge on any atom is 0.332 e. The van der Waals surface area contributed by atoms with Crippen LogP contribution in [-0.2, 0) is 19.0 Å². The number of carbonyl (C=O) groups is 1. The molecule has 1 saturated carbocycles. The predicted molar refractivity (Wildman–Crippen MR) is 71.6 cm³/mol. The normalized spacial score (nSPS) is 32.2. The molecule has 0 spiro atoms. The quantitative estimate of drug-likeness (QED) is 0.396. The lowest BCUT2D eigenvalue weighted by Gasteiger charge is -2.28. The third-order valence-electron chi connectivity index (χ3n) is 3.96. The van der Waals surface area contributed by atoms with Gasteiger partial charge in [-0.05, 0) is 31.2 Å². The highest BCUT2D eigenvalue weighted by Gasteiger charge is 2.46. The fraction of sp³-hybridized carbons (Fsp3) is 0.923. The highest BCUT2D eigenvalue weighted by Crippen LogP contribution is 2.41. The number of hydrogen-bond donors (Lipinski definition) is 0. The lowest BCUT2D eigenvalue weighted by molar-refractivity contribution is -0.155. The highest BCUT2D eigenvalue weighted by atomic mass is 28.2. The summed E-state index contributed by atoms with van der Waals surface area (Å²) >= 11 is 0. The molecule has 0 aromatic carbocycles. The monoisotopic (exact) mass is 272 g/mol. The Labute approximate surface area is 111 Å². The summed E-state index contributed by atoms with van der Waals surface area (Å²) in [6.45, 7) is 2.29. The molecule has 18 heavy (non-hydrogen) atoms. The van der Waals surface area contributed by atoms with Crippen LogP contribution in [0.4, 0.5) is 0 Å². The van der Waals surface area contributed by atoms with Gasteiger partial charge >= 0.3 is 5.97 Å². The largest absolute Gasteiger partial charge is 0.461 e.